The normalized spacial score (nSPS) is 10.6. The van der Waals surface area contributed by atoms with Crippen LogP contribution in [-0.4, -0.2) is 9.55 Å². The zero-order chi connectivity index (χ0) is 9.14. The Morgan fingerprint density at radius 3 is 2.75 bits per heavy atom. The van der Waals surface area contributed by atoms with Gasteiger partial charge in [-0.05, 0) is 5.92 Å². The van der Waals surface area contributed by atoms with Gasteiger partial charge in [0, 0.05) is 18.9 Å². The van der Waals surface area contributed by atoms with E-state index < -0.39 is 11.1 Å². The van der Waals surface area contributed by atoms with Crippen molar-refractivity contribution in [2.24, 2.45) is 5.92 Å². The Morgan fingerprint density at radius 1 is 1.50 bits per heavy atom. The number of aromatic amines is 1. The van der Waals surface area contributed by atoms with E-state index >= 15 is 0 Å². The maximum atomic E-state index is 11.1. The highest BCUT2D eigenvalue weighted by atomic mass is 16.2. The largest absolute Gasteiger partial charge is 0.323 e. The molecule has 0 aliphatic carbocycles. The van der Waals surface area contributed by atoms with Crippen LogP contribution in [0.5, 0.6) is 0 Å². The van der Waals surface area contributed by atoms with Crippen LogP contribution in [0.25, 0.3) is 0 Å². The third-order valence-corrected chi connectivity index (χ3v) is 1.49. The van der Waals surface area contributed by atoms with Crippen LogP contribution in [0, 0.1) is 5.92 Å². The molecule has 1 rings (SSSR count). The average Bonchev–Trinajstić information content (AvgIpc) is 1.98. The molecule has 66 valence electrons. The SMILES string of the molecule is CC(C)Cn1cc[nH]c(=O)c1=O. The lowest BCUT2D eigenvalue weighted by Gasteiger charge is -2.05. The molecule has 1 N–H and O–H groups in total. The van der Waals surface area contributed by atoms with Crippen molar-refractivity contribution in [1.29, 1.82) is 0 Å². The summed E-state index contributed by atoms with van der Waals surface area (Å²) in [6.07, 6.45) is 3.07. The number of aromatic nitrogens is 2. The molecular formula is C8H12N2O2. The minimum atomic E-state index is -0.557. The molecule has 0 aliphatic heterocycles. The molecule has 1 aromatic heterocycles. The summed E-state index contributed by atoms with van der Waals surface area (Å²) in [6.45, 7) is 4.57. The molecule has 1 heterocycles. The minimum Gasteiger partial charge on any atom is -0.323 e. The van der Waals surface area contributed by atoms with Crippen LogP contribution in [0.3, 0.4) is 0 Å². The predicted molar refractivity (Wildman–Crippen MR) is 46.2 cm³/mol. The van der Waals surface area contributed by atoms with Crippen molar-refractivity contribution >= 4 is 0 Å². The smallest absolute Gasteiger partial charge is 0.316 e. The zero-order valence-corrected chi connectivity index (χ0v) is 7.20. The van der Waals surface area contributed by atoms with E-state index in [2.05, 4.69) is 4.98 Å². The number of rotatable bonds is 2. The van der Waals surface area contributed by atoms with Gasteiger partial charge in [-0.15, -0.1) is 0 Å². The van der Waals surface area contributed by atoms with Crippen molar-refractivity contribution in [3.05, 3.63) is 33.1 Å². The van der Waals surface area contributed by atoms with E-state index in [0.29, 0.717) is 12.5 Å². The Bertz CT molecular complexity index is 362. The van der Waals surface area contributed by atoms with E-state index in [0.717, 1.165) is 0 Å². The van der Waals surface area contributed by atoms with Crippen LogP contribution < -0.4 is 11.1 Å². The van der Waals surface area contributed by atoms with Crippen molar-refractivity contribution in [3.63, 3.8) is 0 Å². The quantitative estimate of drug-likeness (QED) is 0.641. The monoisotopic (exact) mass is 168 g/mol. The summed E-state index contributed by atoms with van der Waals surface area (Å²) in [5.41, 5.74) is -1.04. The second kappa shape index (κ2) is 3.38. The first-order valence-corrected chi connectivity index (χ1v) is 3.89. The Labute approximate surface area is 69.9 Å². The van der Waals surface area contributed by atoms with Gasteiger partial charge in [0.05, 0.1) is 0 Å². The molecule has 0 aliphatic rings. The van der Waals surface area contributed by atoms with Gasteiger partial charge in [0.15, 0.2) is 0 Å². The molecule has 0 aromatic carbocycles. The van der Waals surface area contributed by atoms with Crippen LogP contribution >= 0.6 is 0 Å². The molecule has 0 atom stereocenters. The number of hydrogen-bond acceptors (Lipinski definition) is 2. The van der Waals surface area contributed by atoms with Crippen molar-refractivity contribution in [2.45, 2.75) is 20.4 Å². The molecule has 0 spiro atoms. The van der Waals surface area contributed by atoms with Crippen LogP contribution in [0.1, 0.15) is 13.8 Å². The van der Waals surface area contributed by atoms with Gasteiger partial charge in [-0.25, -0.2) is 0 Å². The fraction of sp³-hybridized carbons (Fsp3) is 0.500. The lowest BCUT2D eigenvalue weighted by atomic mass is 10.2. The molecule has 0 amide bonds. The standard InChI is InChI=1S/C8H12N2O2/c1-6(2)5-10-4-3-9-7(11)8(10)12/h3-4,6H,5H2,1-2H3,(H,9,11). The summed E-state index contributed by atoms with van der Waals surface area (Å²) in [5.74, 6) is 0.365. The first-order valence-electron chi connectivity index (χ1n) is 3.89. The van der Waals surface area contributed by atoms with Gasteiger partial charge >= 0.3 is 11.1 Å². The first-order chi connectivity index (χ1) is 5.61. The third kappa shape index (κ3) is 1.84. The van der Waals surface area contributed by atoms with Crippen molar-refractivity contribution in [3.8, 4) is 0 Å². The highest BCUT2D eigenvalue weighted by molar-refractivity contribution is 4.81. The number of H-pyrrole nitrogens is 1. The summed E-state index contributed by atoms with van der Waals surface area (Å²) < 4.78 is 1.42. The highest BCUT2D eigenvalue weighted by Gasteiger charge is 2.00. The molecule has 0 radical (unpaired) electrons. The Hall–Kier alpha value is -1.32. The highest BCUT2D eigenvalue weighted by Crippen LogP contribution is 1.93. The topological polar surface area (TPSA) is 54.9 Å². The van der Waals surface area contributed by atoms with E-state index in [1.807, 2.05) is 13.8 Å². The molecule has 12 heavy (non-hydrogen) atoms. The third-order valence-electron chi connectivity index (χ3n) is 1.49. The van der Waals surface area contributed by atoms with Crippen molar-refractivity contribution < 1.29 is 0 Å². The molecule has 0 unspecified atom stereocenters. The average molecular weight is 168 g/mol. The van der Waals surface area contributed by atoms with Gasteiger partial charge in [-0.3, -0.25) is 9.59 Å². The second-order valence-corrected chi connectivity index (χ2v) is 3.14. The van der Waals surface area contributed by atoms with Gasteiger partial charge in [-0.1, -0.05) is 13.8 Å². The fourth-order valence-electron chi connectivity index (χ4n) is 1.000. The molecule has 4 nitrogen and oxygen atoms in total. The second-order valence-electron chi connectivity index (χ2n) is 3.14. The summed E-state index contributed by atoms with van der Waals surface area (Å²) >= 11 is 0. The van der Waals surface area contributed by atoms with Crippen molar-refractivity contribution in [1.82, 2.24) is 9.55 Å². The molecule has 0 saturated carbocycles. The molecule has 1 aromatic rings. The number of nitrogens with one attached hydrogen (secondary N) is 1. The van der Waals surface area contributed by atoms with E-state index in [-0.39, 0.29) is 0 Å². The van der Waals surface area contributed by atoms with E-state index in [9.17, 15) is 9.59 Å². The van der Waals surface area contributed by atoms with Gasteiger partial charge in [-0.2, -0.15) is 0 Å². The minimum absolute atomic E-state index is 0.365. The number of nitrogens with zero attached hydrogens (tertiary/aromatic N) is 1. The van der Waals surface area contributed by atoms with E-state index in [1.54, 1.807) is 6.20 Å². The van der Waals surface area contributed by atoms with Gasteiger partial charge in [0.2, 0.25) is 0 Å². The van der Waals surface area contributed by atoms with Gasteiger partial charge in [0.25, 0.3) is 0 Å². The molecule has 0 fully saturated rings. The lowest BCUT2D eigenvalue weighted by molar-refractivity contribution is 0.506. The van der Waals surface area contributed by atoms with Crippen LogP contribution in [0.2, 0.25) is 0 Å². The van der Waals surface area contributed by atoms with Crippen molar-refractivity contribution in [2.75, 3.05) is 0 Å². The molecule has 0 saturated heterocycles. The van der Waals surface area contributed by atoms with Crippen LogP contribution in [0.4, 0.5) is 0 Å². The zero-order valence-electron chi connectivity index (χ0n) is 7.20. The summed E-state index contributed by atoms with van der Waals surface area (Å²) in [4.78, 5) is 24.3. The maximum absolute atomic E-state index is 11.1. The lowest BCUT2D eigenvalue weighted by Crippen LogP contribution is -2.36. The van der Waals surface area contributed by atoms with Gasteiger partial charge < -0.3 is 9.55 Å². The fourth-order valence-corrected chi connectivity index (χ4v) is 1.000. The predicted octanol–water partition coefficient (Wildman–Crippen LogP) is 0.193. The summed E-state index contributed by atoms with van der Waals surface area (Å²) in [6, 6.07) is 0. The summed E-state index contributed by atoms with van der Waals surface area (Å²) in [5, 5.41) is 0. The van der Waals surface area contributed by atoms with Gasteiger partial charge in [0.1, 0.15) is 0 Å². The Balaban J connectivity index is 3.09. The van der Waals surface area contributed by atoms with E-state index in [4.69, 9.17) is 0 Å². The number of hydrogen-bond donors (Lipinski definition) is 1. The molecule has 4 heteroatoms. The van der Waals surface area contributed by atoms with Crippen LogP contribution in [-0.2, 0) is 6.54 Å². The Morgan fingerprint density at radius 2 is 2.17 bits per heavy atom. The first kappa shape index (κ1) is 8.77. The van der Waals surface area contributed by atoms with Crippen LogP contribution in [0.15, 0.2) is 22.0 Å². The summed E-state index contributed by atoms with van der Waals surface area (Å²) in [7, 11) is 0. The molecular weight excluding hydrogens is 156 g/mol. The van der Waals surface area contributed by atoms with E-state index in [1.165, 1.54) is 10.8 Å². The Kier molecular flexibility index (Phi) is 2.47. The molecule has 0 bridgehead atoms. The maximum Gasteiger partial charge on any atom is 0.316 e.